The maximum Gasteiger partial charge on any atom is 0.226 e. The Morgan fingerprint density at radius 1 is 1.65 bits per heavy atom. The Balaban J connectivity index is 2.04. The lowest BCUT2D eigenvalue weighted by Crippen LogP contribution is -2.36. The highest BCUT2D eigenvalue weighted by molar-refractivity contribution is 5.15. The lowest BCUT2D eigenvalue weighted by molar-refractivity contribution is 0.220. The molecule has 2 heterocycles. The zero-order valence-corrected chi connectivity index (χ0v) is 9.98. The van der Waals surface area contributed by atoms with Crippen LogP contribution >= 0.6 is 0 Å². The topological polar surface area (TPSA) is 65.7 Å². The van der Waals surface area contributed by atoms with Crippen LogP contribution in [0.2, 0.25) is 0 Å². The first-order chi connectivity index (χ1) is 8.20. The maximum absolute atomic E-state index is 11.3. The number of aromatic hydroxyl groups is 1. The Kier molecular flexibility index (Phi) is 3.81. The summed E-state index contributed by atoms with van der Waals surface area (Å²) in [4.78, 5) is 13.6. The summed E-state index contributed by atoms with van der Waals surface area (Å²) in [6.45, 7) is 2.60. The zero-order chi connectivity index (χ0) is 12.3. The fourth-order valence-corrected chi connectivity index (χ4v) is 2.30. The number of hydrogen-bond acceptors (Lipinski definition) is 5. The van der Waals surface area contributed by atoms with Crippen molar-refractivity contribution in [3.63, 3.8) is 0 Å². The molecule has 2 N–H and O–H groups in total. The van der Waals surface area contributed by atoms with Gasteiger partial charge in [-0.1, -0.05) is 0 Å². The van der Waals surface area contributed by atoms with Crippen LogP contribution in [0.1, 0.15) is 18.6 Å². The van der Waals surface area contributed by atoms with Gasteiger partial charge in [-0.3, -0.25) is 9.69 Å². The molecule has 1 fully saturated rings. The van der Waals surface area contributed by atoms with Gasteiger partial charge in [0.1, 0.15) is 12.0 Å². The molecule has 1 aliphatic rings. The number of nitrogens with zero attached hydrogens (tertiary/aromatic N) is 1. The van der Waals surface area contributed by atoms with Gasteiger partial charge in [0.25, 0.3) is 0 Å². The normalized spacial score (nSPS) is 20.9. The van der Waals surface area contributed by atoms with Crippen LogP contribution in [0.15, 0.2) is 21.5 Å². The first-order valence-corrected chi connectivity index (χ1v) is 5.90. The Morgan fingerprint density at radius 3 is 3.18 bits per heavy atom. The van der Waals surface area contributed by atoms with Gasteiger partial charge in [-0.2, -0.15) is 0 Å². The van der Waals surface area contributed by atoms with Crippen molar-refractivity contribution in [1.29, 1.82) is 0 Å². The lowest BCUT2D eigenvalue weighted by Gasteiger charge is -2.23. The third kappa shape index (κ3) is 2.87. The molecule has 1 unspecified atom stereocenters. The molecule has 94 valence electrons. The summed E-state index contributed by atoms with van der Waals surface area (Å²) in [5.41, 5.74) is -0.379. The smallest absolute Gasteiger partial charge is 0.226 e. The molecule has 1 aromatic heterocycles. The van der Waals surface area contributed by atoms with E-state index < -0.39 is 0 Å². The van der Waals surface area contributed by atoms with Gasteiger partial charge in [0, 0.05) is 18.7 Å². The Labute approximate surface area is 100 Å². The molecular formula is C12H18N2O3. The van der Waals surface area contributed by atoms with E-state index >= 15 is 0 Å². The predicted molar refractivity (Wildman–Crippen MR) is 64.0 cm³/mol. The minimum absolute atomic E-state index is 0.332. The van der Waals surface area contributed by atoms with E-state index in [-0.39, 0.29) is 11.2 Å². The van der Waals surface area contributed by atoms with E-state index in [9.17, 15) is 4.79 Å². The Hall–Kier alpha value is -1.33. The average molecular weight is 238 g/mol. The van der Waals surface area contributed by atoms with Crippen LogP contribution in [-0.4, -0.2) is 36.2 Å². The number of hydrogen-bond donors (Lipinski definition) is 2. The third-order valence-corrected chi connectivity index (χ3v) is 3.16. The van der Waals surface area contributed by atoms with Crippen LogP contribution in [0.4, 0.5) is 0 Å². The fraction of sp³-hybridized carbons (Fsp3) is 0.583. The fourth-order valence-electron chi connectivity index (χ4n) is 2.30. The number of likely N-dealkylation sites (N-methyl/N-ethyl adjacent to an activating group) is 1. The van der Waals surface area contributed by atoms with Crippen molar-refractivity contribution in [1.82, 2.24) is 10.2 Å². The van der Waals surface area contributed by atoms with Gasteiger partial charge in [0.05, 0.1) is 6.54 Å². The first-order valence-electron chi connectivity index (χ1n) is 5.90. The minimum Gasteiger partial charge on any atom is -0.502 e. The molecule has 1 aliphatic heterocycles. The quantitative estimate of drug-likeness (QED) is 0.801. The van der Waals surface area contributed by atoms with Gasteiger partial charge in [-0.05, 0) is 26.4 Å². The highest BCUT2D eigenvalue weighted by Gasteiger charge is 2.24. The van der Waals surface area contributed by atoms with E-state index in [1.54, 1.807) is 0 Å². The van der Waals surface area contributed by atoms with Crippen molar-refractivity contribution in [3.05, 3.63) is 28.3 Å². The summed E-state index contributed by atoms with van der Waals surface area (Å²) in [6.07, 6.45) is 3.46. The van der Waals surface area contributed by atoms with Crippen LogP contribution in [0.25, 0.3) is 0 Å². The van der Waals surface area contributed by atoms with Gasteiger partial charge in [0.2, 0.25) is 5.43 Å². The van der Waals surface area contributed by atoms with Gasteiger partial charge in [-0.15, -0.1) is 0 Å². The number of rotatable bonds is 4. The van der Waals surface area contributed by atoms with E-state index in [0.29, 0.717) is 18.3 Å². The number of likely N-dealkylation sites (tertiary alicyclic amines) is 1. The summed E-state index contributed by atoms with van der Waals surface area (Å²) in [6, 6.07) is 1.86. The molecule has 2 rings (SSSR count). The van der Waals surface area contributed by atoms with Crippen LogP contribution in [-0.2, 0) is 6.54 Å². The lowest BCUT2D eigenvalue weighted by atomic mass is 10.2. The average Bonchev–Trinajstić information content (AvgIpc) is 2.72. The molecule has 0 saturated carbocycles. The van der Waals surface area contributed by atoms with E-state index in [0.717, 1.165) is 19.4 Å². The molecule has 0 bridgehead atoms. The highest BCUT2D eigenvalue weighted by atomic mass is 16.4. The molecule has 1 atom stereocenters. The largest absolute Gasteiger partial charge is 0.502 e. The first kappa shape index (κ1) is 12.1. The maximum atomic E-state index is 11.3. The minimum atomic E-state index is -0.379. The highest BCUT2D eigenvalue weighted by Crippen LogP contribution is 2.19. The van der Waals surface area contributed by atoms with Gasteiger partial charge < -0.3 is 14.8 Å². The van der Waals surface area contributed by atoms with Crippen LogP contribution in [0.3, 0.4) is 0 Å². The second kappa shape index (κ2) is 5.33. The molecule has 0 spiro atoms. The molecule has 0 aliphatic carbocycles. The monoisotopic (exact) mass is 238 g/mol. The predicted octanol–water partition coefficient (Wildman–Crippen LogP) is 0.529. The van der Waals surface area contributed by atoms with Crippen molar-refractivity contribution in [2.75, 3.05) is 20.1 Å². The Morgan fingerprint density at radius 2 is 2.47 bits per heavy atom. The van der Waals surface area contributed by atoms with Crippen molar-refractivity contribution in [2.24, 2.45) is 0 Å². The second-order valence-corrected chi connectivity index (χ2v) is 4.42. The molecular weight excluding hydrogens is 220 g/mol. The van der Waals surface area contributed by atoms with Crippen LogP contribution in [0.5, 0.6) is 5.75 Å². The number of nitrogens with one attached hydrogen (secondary N) is 1. The standard InChI is InChI=1S/C12H18N2O3/c1-13-6-9-3-2-4-14(9)7-10-5-11(15)12(16)8-17-10/h5,8-9,13,16H,2-4,6-7H2,1H3. The summed E-state index contributed by atoms with van der Waals surface area (Å²) in [5.74, 6) is 0.276. The summed E-state index contributed by atoms with van der Waals surface area (Å²) < 4.78 is 5.22. The van der Waals surface area contributed by atoms with Crippen LogP contribution in [0, 0.1) is 0 Å². The summed E-state index contributed by atoms with van der Waals surface area (Å²) in [7, 11) is 1.94. The Bertz CT molecular complexity index is 430. The molecule has 0 radical (unpaired) electrons. The zero-order valence-electron chi connectivity index (χ0n) is 9.98. The van der Waals surface area contributed by atoms with E-state index in [2.05, 4.69) is 10.2 Å². The van der Waals surface area contributed by atoms with Gasteiger partial charge >= 0.3 is 0 Å². The van der Waals surface area contributed by atoms with E-state index in [1.165, 1.54) is 18.9 Å². The van der Waals surface area contributed by atoms with Crippen molar-refractivity contribution in [3.8, 4) is 5.75 Å². The van der Waals surface area contributed by atoms with E-state index in [1.807, 2.05) is 7.05 Å². The molecule has 17 heavy (non-hydrogen) atoms. The third-order valence-electron chi connectivity index (χ3n) is 3.16. The molecule has 1 saturated heterocycles. The van der Waals surface area contributed by atoms with Crippen molar-refractivity contribution in [2.45, 2.75) is 25.4 Å². The molecule has 0 aromatic carbocycles. The molecule has 1 aromatic rings. The molecule has 5 heteroatoms. The summed E-state index contributed by atoms with van der Waals surface area (Å²) >= 11 is 0. The van der Waals surface area contributed by atoms with Crippen LogP contribution < -0.4 is 10.7 Å². The SMILES string of the molecule is CNCC1CCCN1Cc1cc(=O)c(O)co1. The summed E-state index contributed by atoms with van der Waals surface area (Å²) in [5, 5.41) is 12.3. The second-order valence-electron chi connectivity index (χ2n) is 4.42. The van der Waals surface area contributed by atoms with Crippen molar-refractivity contribution < 1.29 is 9.52 Å². The van der Waals surface area contributed by atoms with Gasteiger partial charge in [-0.25, -0.2) is 0 Å². The van der Waals surface area contributed by atoms with Crippen molar-refractivity contribution >= 4 is 0 Å². The molecule has 0 amide bonds. The van der Waals surface area contributed by atoms with E-state index in [4.69, 9.17) is 9.52 Å². The van der Waals surface area contributed by atoms with Gasteiger partial charge in [0.15, 0.2) is 5.75 Å². The molecule has 5 nitrogen and oxygen atoms in total.